The van der Waals surface area contributed by atoms with Gasteiger partial charge in [0.05, 0.1) is 21.8 Å². The van der Waals surface area contributed by atoms with E-state index in [1.165, 1.54) is 11.1 Å². The first-order valence-electron chi connectivity index (χ1n) is 6.22. The highest BCUT2D eigenvalue weighted by molar-refractivity contribution is 6.39. The lowest BCUT2D eigenvalue weighted by atomic mass is 10.1. The van der Waals surface area contributed by atoms with Crippen LogP contribution in [0, 0.1) is 0 Å². The predicted molar refractivity (Wildman–Crippen MR) is 80.8 cm³/mol. The molecule has 2 atom stereocenters. The van der Waals surface area contributed by atoms with Crippen LogP contribution in [-0.2, 0) is 0 Å². The summed E-state index contributed by atoms with van der Waals surface area (Å²) in [4.78, 5) is 0. The molecule has 3 rings (SSSR count). The Balaban J connectivity index is 1.94. The number of hydrogen-bond acceptors (Lipinski definition) is 2. The van der Waals surface area contributed by atoms with Gasteiger partial charge < -0.3 is 11.1 Å². The summed E-state index contributed by atoms with van der Waals surface area (Å²) in [5.74, 6) is 0. The molecule has 2 aromatic carbocycles. The first-order valence-corrected chi connectivity index (χ1v) is 6.97. The number of fused-ring (bicyclic) bond motifs is 1. The molecule has 0 radical (unpaired) electrons. The second-order valence-corrected chi connectivity index (χ2v) is 5.58. The Labute approximate surface area is 122 Å². The maximum Gasteiger partial charge on any atom is 0.0723 e. The second kappa shape index (κ2) is 5.04. The van der Waals surface area contributed by atoms with Gasteiger partial charge in [0.2, 0.25) is 0 Å². The number of nitrogens with one attached hydrogen (secondary N) is 1. The molecule has 1 aliphatic rings. The van der Waals surface area contributed by atoms with E-state index in [1.54, 1.807) is 0 Å². The Hall–Kier alpha value is -1.22. The summed E-state index contributed by atoms with van der Waals surface area (Å²) in [6.07, 6.45) is 0.848. The van der Waals surface area contributed by atoms with Crippen molar-refractivity contribution in [2.24, 2.45) is 5.73 Å². The molecule has 19 heavy (non-hydrogen) atoms. The molecule has 0 amide bonds. The summed E-state index contributed by atoms with van der Waals surface area (Å²) < 4.78 is 0. The zero-order chi connectivity index (χ0) is 13.4. The van der Waals surface area contributed by atoms with Crippen LogP contribution in [0.25, 0.3) is 0 Å². The summed E-state index contributed by atoms with van der Waals surface area (Å²) in [5.41, 5.74) is 9.36. The Bertz CT molecular complexity index is 593. The van der Waals surface area contributed by atoms with Crippen molar-refractivity contribution >= 4 is 28.9 Å². The standard InChI is InChI=1S/C15H14Cl2N2/c16-11-6-3-7-12(17)15(11)19-14-8-13(18)9-4-1-2-5-10(9)14/h1-7,13-14,19H,8,18H2. The summed E-state index contributed by atoms with van der Waals surface area (Å²) >= 11 is 12.4. The average molecular weight is 293 g/mol. The molecule has 4 heteroatoms. The zero-order valence-electron chi connectivity index (χ0n) is 10.2. The molecule has 2 aromatic rings. The quantitative estimate of drug-likeness (QED) is 0.852. The van der Waals surface area contributed by atoms with E-state index in [4.69, 9.17) is 28.9 Å². The Morgan fingerprint density at radius 1 is 0.947 bits per heavy atom. The highest BCUT2D eigenvalue weighted by Gasteiger charge is 2.28. The minimum Gasteiger partial charge on any atom is -0.376 e. The lowest BCUT2D eigenvalue weighted by Gasteiger charge is -2.17. The molecular weight excluding hydrogens is 279 g/mol. The van der Waals surface area contributed by atoms with Crippen LogP contribution >= 0.6 is 23.2 Å². The highest BCUT2D eigenvalue weighted by atomic mass is 35.5. The first kappa shape index (κ1) is 12.8. The van der Waals surface area contributed by atoms with Crippen molar-refractivity contribution in [3.8, 4) is 0 Å². The van der Waals surface area contributed by atoms with Gasteiger partial charge in [0, 0.05) is 6.04 Å². The third-order valence-electron chi connectivity index (χ3n) is 3.54. The molecule has 0 aromatic heterocycles. The topological polar surface area (TPSA) is 38.0 Å². The lowest BCUT2D eigenvalue weighted by molar-refractivity contribution is 0.648. The van der Waals surface area contributed by atoms with Gasteiger partial charge in [-0.2, -0.15) is 0 Å². The SMILES string of the molecule is NC1CC(Nc2c(Cl)cccc2Cl)c2ccccc21. The molecule has 2 nitrogen and oxygen atoms in total. The van der Waals surface area contributed by atoms with Crippen LogP contribution in [-0.4, -0.2) is 0 Å². The maximum atomic E-state index is 6.19. The number of halogens is 2. The summed E-state index contributed by atoms with van der Waals surface area (Å²) in [5, 5.41) is 4.68. The largest absolute Gasteiger partial charge is 0.376 e. The van der Waals surface area contributed by atoms with E-state index in [2.05, 4.69) is 17.4 Å². The smallest absolute Gasteiger partial charge is 0.0723 e. The van der Waals surface area contributed by atoms with Crippen LogP contribution in [0.15, 0.2) is 42.5 Å². The average Bonchev–Trinajstić information content (AvgIpc) is 2.72. The van der Waals surface area contributed by atoms with Crippen LogP contribution < -0.4 is 11.1 Å². The van der Waals surface area contributed by atoms with E-state index in [1.807, 2.05) is 30.3 Å². The van der Waals surface area contributed by atoms with E-state index < -0.39 is 0 Å². The number of nitrogens with two attached hydrogens (primary N) is 1. The van der Waals surface area contributed by atoms with Crippen molar-refractivity contribution in [2.75, 3.05) is 5.32 Å². The molecule has 3 N–H and O–H groups in total. The number of hydrogen-bond donors (Lipinski definition) is 2. The monoisotopic (exact) mass is 292 g/mol. The minimum atomic E-state index is 0.0648. The van der Waals surface area contributed by atoms with E-state index in [9.17, 15) is 0 Å². The Morgan fingerprint density at radius 2 is 1.58 bits per heavy atom. The van der Waals surface area contributed by atoms with Gasteiger partial charge >= 0.3 is 0 Å². The maximum absolute atomic E-state index is 6.19. The van der Waals surface area contributed by atoms with Crippen molar-refractivity contribution in [3.05, 3.63) is 63.6 Å². The lowest BCUT2D eigenvalue weighted by Crippen LogP contribution is -2.10. The molecular formula is C15H14Cl2N2. The van der Waals surface area contributed by atoms with Gasteiger partial charge in [-0.3, -0.25) is 0 Å². The van der Waals surface area contributed by atoms with Crippen molar-refractivity contribution in [3.63, 3.8) is 0 Å². The third kappa shape index (κ3) is 2.32. The van der Waals surface area contributed by atoms with Gasteiger partial charge in [-0.15, -0.1) is 0 Å². The highest BCUT2D eigenvalue weighted by Crippen LogP contribution is 2.41. The number of anilines is 1. The fraction of sp³-hybridized carbons (Fsp3) is 0.200. The molecule has 0 heterocycles. The Morgan fingerprint density at radius 3 is 2.26 bits per heavy atom. The molecule has 0 fully saturated rings. The van der Waals surface area contributed by atoms with Crippen molar-refractivity contribution in [1.82, 2.24) is 0 Å². The van der Waals surface area contributed by atoms with Gasteiger partial charge in [-0.1, -0.05) is 53.5 Å². The van der Waals surface area contributed by atoms with Gasteiger partial charge in [-0.25, -0.2) is 0 Å². The van der Waals surface area contributed by atoms with Crippen LogP contribution in [0.5, 0.6) is 0 Å². The third-order valence-corrected chi connectivity index (χ3v) is 4.17. The molecule has 0 spiro atoms. The van der Waals surface area contributed by atoms with Gasteiger partial charge in [-0.05, 0) is 29.7 Å². The molecule has 98 valence electrons. The van der Waals surface area contributed by atoms with Crippen molar-refractivity contribution < 1.29 is 0 Å². The van der Waals surface area contributed by atoms with Crippen molar-refractivity contribution in [1.29, 1.82) is 0 Å². The van der Waals surface area contributed by atoms with E-state index >= 15 is 0 Å². The zero-order valence-corrected chi connectivity index (χ0v) is 11.7. The van der Waals surface area contributed by atoms with Crippen LogP contribution in [0.4, 0.5) is 5.69 Å². The molecule has 0 saturated heterocycles. The van der Waals surface area contributed by atoms with Crippen LogP contribution in [0.3, 0.4) is 0 Å². The summed E-state index contributed by atoms with van der Waals surface area (Å²) in [6, 6.07) is 13.9. The van der Waals surface area contributed by atoms with Crippen LogP contribution in [0.1, 0.15) is 29.6 Å². The fourth-order valence-corrected chi connectivity index (χ4v) is 3.13. The predicted octanol–water partition coefficient (Wildman–Crippen LogP) is 4.55. The number of rotatable bonds is 2. The first-order chi connectivity index (χ1) is 9.16. The summed E-state index contributed by atoms with van der Waals surface area (Å²) in [6.45, 7) is 0. The van der Waals surface area contributed by atoms with E-state index in [0.717, 1.165) is 12.1 Å². The minimum absolute atomic E-state index is 0.0648. The van der Waals surface area contributed by atoms with Gasteiger partial charge in [0.25, 0.3) is 0 Å². The van der Waals surface area contributed by atoms with E-state index in [-0.39, 0.29) is 12.1 Å². The second-order valence-electron chi connectivity index (χ2n) is 4.76. The molecule has 0 saturated carbocycles. The molecule has 0 aliphatic heterocycles. The van der Waals surface area contributed by atoms with Gasteiger partial charge in [0.1, 0.15) is 0 Å². The normalized spacial score (nSPS) is 21.2. The molecule has 0 bridgehead atoms. The fourth-order valence-electron chi connectivity index (χ4n) is 2.62. The van der Waals surface area contributed by atoms with Crippen LogP contribution in [0.2, 0.25) is 10.0 Å². The van der Waals surface area contributed by atoms with Gasteiger partial charge in [0.15, 0.2) is 0 Å². The summed E-state index contributed by atoms with van der Waals surface area (Å²) in [7, 11) is 0. The number of para-hydroxylation sites is 1. The van der Waals surface area contributed by atoms with Crippen molar-refractivity contribution in [2.45, 2.75) is 18.5 Å². The molecule has 1 aliphatic carbocycles. The Kier molecular flexibility index (Phi) is 3.40. The number of benzene rings is 2. The van der Waals surface area contributed by atoms with E-state index in [0.29, 0.717) is 10.0 Å². The molecule has 2 unspecified atom stereocenters.